The van der Waals surface area contributed by atoms with E-state index < -0.39 is 0 Å². The van der Waals surface area contributed by atoms with Crippen LogP contribution in [0.25, 0.3) is 0 Å². The van der Waals surface area contributed by atoms with Gasteiger partial charge in [-0.2, -0.15) is 0 Å². The number of hydrogen-bond donors (Lipinski definition) is 1. The molecule has 0 spiro atoms. The summed E-state index contributed by atoms with van der Waals surface area (Å²) in [6.45, 7) is 6.94. The molecule has 1 aliphatic carbocycles. The van der Waals surface area contributed by atoms with Crippen molar-refractivity contribution in [3.63, 3.8) is 0 Å². The summed E-state index contributed by atoms with van der Waals surface area (Å²) in [7, 11) is 0. The van der Waals surface area contributed by atoms with Crippen molar-refractivity contribution in [2.45, 2.75) is 61.3 Å². The van der Waals surface area contributed by atoms with E-state index in [9.17, 15) is 0 Å². The second kappa shape index (κ2) is 14.5. The maximum absolute atomic E-state index is 8.46. The van der Waals surface area contributed by atoms with Crippen molar-refractivity contribution in [1.82, 2.24) is 0 Å². The highest BCUT2D eigenvalue weighted by molar-refractivity contribution is 5.20. The highest BCUT2D eigenvalue weighted by Gasteiger charge is 2.22. The Balaban J connectivity index is 0. The molecule has 2 nitrogen and oxygen atoms in total. The molecule has 0 radical (unpaired) electrons. The highest BCUT2D eigenvalue weighted by Crippen LogP contribution is 2.31. The van der Waals surface area contributed by atoms with Crippen LogP contribution in [0.1, 0.15) is 59.1 Å². The molecule has 0 saturated heterocycles. The van der Waals surface area contributed by atoms with E-state index in [-0.39, 0.29) is 21.6 Å². The Bertz CT molecular complexity index is 395. The van der Waals surface area contributed by atoms with Crippen molar-refractivity contribution >= 4 is 0 Å². The maximum Gasteiger partial charge on any atom is 0.143 e. The van der Waals surface area contributed by atoms with Gasteiger partial charge in [-0.15, -0.1) is 0 Å². The lowest BCUT2D eigenvalue weighted by Gasteiger charge is -2.07. The predicted octanol–water partition coefficient (Wildman–Crippen LogP) is 5.77. The van der Waals surface area contributed by atoms with E-state index >= 15 is 0 Å². The Kier molecular flexibility index (Phi) is 15.2. The summed E-state index contributed by atoms with van der Waals surface area (Å²) < 4.78 is 4.98. The number of aliphatic hydroxyl groups excluding tert-OH is 1. The molecule has 0 amide bonds. The Morgan fingerprint density at radius 2 is 1.83 bits per heavy atom. The lowest BCUT2D eigenvalue weighted by atomic mass is 10.1. The number of aryl methyl sites for hydroxylation is 2. The molecule has 2 rings (SSSR count). The van der Waals surface area contributed by atoms with Gasteiger partial charge in [-0.05, 0) is 56.9 Å². The van der Waals surface area contributed by atoms with E-state index in [2.05, 4.69) is 57.2 Å². The largest absolute Gasteiger partial charge is 0.371 e. The predicted molar refractivity (Wildman–Crippen MR) is 103 cm³/mol. The molecule has 1 fully saturated rings. The van der Waals surface area contributed by atoms with Gasteiger partial charge in [0.25, 0.3) is 0 Å². The molecule has 1 aromatic rings. The Morgan fingerprint density at radius 3 is 2.35 bits per heavy atom. The minimum absolute atomic E-state index is 0. The monoisotopic (exact) mass is 322 g/mol. The van der Waals surface area contributed by atoms with Gasteiger partial charge in [-0.1, -0.05) is 63.8 Å². The molecule has 23 heavy (non-hydrogen) atoms. The van der Waals surface area contributed by atoms with E-state index in [0.717, 1.165) is 18.9 Å². The fraction of sp³-hybridized carbons (Fsp3) is 0.619. The zero-order chi connectivity index (χ0) is 15.5. The summed E-state index contributed by atoms with van der Waals surface area (Å²) >= 11 is 0. The summed E-state index contributed by atoms with van der Waals surface area (Å²) in [5.41, 5.74) is 2.76. The third-order valence-corrected chi connectivity index (χ3v) is 4.02. The van der Waals surface area contributed by atoms with Crippen molar-refractivity contribution in [3.05, 3.63) is 47.5 Å². The van der Waals surface area contributed by atoms with Gasteiger partial charge in [0, 0.05) is 0 Å². The topological polar surface area (TPSA) is 29.5 Å². The van der Waals surface area contributed by atoms with E-state index in [1.54, 1.807) is 0 Å². The Morgan fingerprint density at radius 1 is 1.17 bits per heavy atom. The van der Waals surface area contributed by atoms with Crippen LogP contribution in [-0.4, -0.2) is 18.5 Å². The SMILES string of the molecule is C.C.C/C=C\C1CCC(COCO)C1.CCc1ccc(C)cc1. The quantitative estimate of drug-likeness (QED) is 0.550. The van der Waals surface area contributed by atoms with Gasteiger partial charge in [0.05, 0.1) is 6.61 Å². The molecule has 0 bridgehead atoms. The first-order chi connectivity index (χ1) is 10.2. The molecule has 2 atom stereocenters. The van der Waals surface area contributed by atoms with Gasteiger partial charge in [-0.25, -0.2) is 0 Å². The second-order valence-electron chi connectivity index (χ2n) is 5.80. The highest BCUT2D eigenvalue weighted by atomic mass is 16.6. The van der Waals surface area contributed by atoms with Crippen LogP contribution in [0.5, 0.6) is 0 Å². The molecule has 1 aliphatic rings. The van der Waals surface area contributed by atoms with Gasteiger partial charge in [0.1, 0.15) is 6.79 Å². The van der Waals surface area contributed by atoms with Crippen LogP contribution in [-0.2, 0) is 11.2 Å². The number of benzene rings is 1. The summed E-state index contributed by atoms with van der Waals surface area (Å²) in [5, 5.41) is 8.46. The first-order valence-electron chi connectivity index (χ1n) is 8.06. The van der Waals surface area contributed by atoms with E-state index in [4.69, 9.17) is 9.84 Å². The van der Waals surface area contributed by atoms with Gasteiger partial charge in [0.2, 0.25) is 0 Å². The van der Waals surface area contributed by atoms with Crippen molar-refractivity contribution < 1.29 is 9.84 Å². The average molecular weight is 323 g/mol. The van der Waals surface area contributed by atoms with Crippen molar-refractivity contribution in [1.29, 1.82) is 0 Å². The standard InChI is InChI=1S/C10H18O2.C9H12.2CH4/c1-2-3-9-4-5-10(6-9)7-12-8-11;1-3-9-6-4-8(2)5-7-9;;/h2-3,9-11H,4-8H2,1H3;4-7H,3H2,1-2H3;2*1H4/b3-2-;;;. The fourth-order valence-corrected chi connectivity index (χ4v) is 2.76. The van der Waals surface area contributed by atoms with Gasteiger partial charge in [-0.3, -0.25) is 0 Å². The number of ether oxygens (including phenoxy) is 1. The number of allylic oxidation sites excluding steroid dienone is 2. The van der Waals surface area contributed by atoms with Crippen molar-refractivity contribution in [2.24, 2.45) is 11.8 Å². The van der Waals surface area contributed by atoms with E-state index in [1.807, 2.05) is 0 Å². The van der Waals surface area contributed by atoms with E-state index in [0.29, 0.717) is 5.92 Å². The first kappa shape index (κ1) is 24.1. The van der Waals surface area contributed by atoms with Crippen LogP contribution in [0.2, 0.25) is 0 Å². The molecule has 1 saturated carbocycles. The minimum atomic E-state index is -0.134. The third-order valence-electron chi connectivity index (χ3n) is 4.02. The molecular weight excluding hydrogens is 284 g/mol. The fourth-order valence-electron chi connectivity index (χ4n) is 2.76. The summed E-state index contributed by atoms with van der Waals surface area (Å²) in [4.78, 5) is 0. The number of rotatable bonds is 5. The molecule has 134 valence electrons. The zero-order valence-corrected chi connectivity index (χ0v) is 13.7. The first-order valence-corrected chi connectivity index (χ1v) is 8.06. The Hall–Kier alpha value is -1.12. The van der Waals surface area contributed by atoms with Crippen LogP contribution >= 0.6 is 0 Å². The molecule has 1 aromatic carbocycles. The molecule has 0 aromatic heterocycles. The summed E-state index contributed by atoms with van der Waals surface area (Å²) in [6.07, 6.45) is 9.29. The summed E-state index contributed by atoms with van der Waals surface area (Å²) in [6, 6.07) is 8.66. The molecule has 2 unspecified atom stereocenters. The Labute approximate surface area is 144 Å². The zero-order valence-electron chi connectivity index (χ0n) is 13.7. The molecular formula is C21H38O2. The summed E-state index contributed by atoms with van der Waals surface area (Å²) in [5.74, 6) is 1.42. The second-order valence-corrected chi connectivity index (χ2v) is 5.80. The minimum Gasteiger partial charge on any atom is -0.371 e. The van der Waals surface area contributed by atoms with Gasteiger partial charge in [0.15, 0.2) is 0 Å². The van der Waals surface area contributed by atoms with E-state index in [1.165, 1.54) is 30.4 Å². The lowest BCUT2D eigenvalue weighted by Crippen LogP contribution is -2.06. The van der Waals surface area contributed by atoms with Crippen LogP contribution in [0.15, 0.2) is 36.4 Å². The van der Waals surface area contributed by atoms with Crippen LogP contribution in [0.4, 0.5) is 0 Å². The van der Waals surface area contributed by atoms with Crippen molar-refractivity contribution in [3.8, 4) is 0 Å². The smallest absolute Gasteiger partial charge is 0.143 e. The van der Waals surface area contributed by atoms with Crippen LogP contribution in [0, 0.1) is 18.8 Å². The molecule has 1 N–H and O–H groups in total. The average Bonchev–Trinajstić information content (AvgIpc) is 2.95. The third kappa shape index (κ3) is 10.3. The van der Waals surface area contributed by atoms with Crippen LogP contribution in [0.3, 0.4) is 0 Å². The lowest BCUT2D eigenvalue weighted by molar-refractivity contribution is -0.0168. The molecule has 0 heterocycles. The maximum atomic E-state index is 8.46. The number of hydrogen-bond acceptors (Lipinski definition) is 2. The van der Waals surface area contributed by atoms with Crippen molar-refractivity contribution in [2.75, 3.05) is 13.4 Å². The molecule has 0 aliphatic heterocycles. The molecule has 2 heteroatoms. The van der Waals surface area contributed by atoms with Gasteiger partial charge >= 0.3 is 0 Å². The van der Waals surface area contributed by atoms with Crippen LogP contribution < -0.4 is 0 Å². The number of aliphatic hydroxyl groups is 1. The normalized spacial score (nSPS) is 19.5. The van der Waals surface area contributed by atoms with Gasteiger partial charge < -0.3 is 9.84 Å².